The molecule has 1 spiro atoms. The van der Waals surface area contributed by atoms with Crippen molar-refractivity contribution in [2.75, 3.05) is 47.0 Å². The van der Waals surface area contributed by atoms with E-state index >= 15 is 0 Å². The molecule has 2 fully saturated rings. The summed E-state index contributed by atoms with van der Waals surface area (Å²) in [4.78, 5) is 26.8. The van der Waals surface area contributed by atoms with Crippen molar-refractivity contribution in [1.82, 2.24) is 9.80 Å². The van der Waals surface area contributed by atoms with Crippen LogP contribution in [-0.4, -0.2) is 74.2 Å². The summed E-state index contributed by atoms with van der Waals surface area (Å²) < 4.78 is 11.4. The maximum absolute atomic E-state index is 11.9. The van der Waals surface area contributed by atoms with Gasteiger partial charge in [0.25, 0.3) is 0 Å². The number of rotatable bonds is 5. The SMILES string of the molecule is CC(C)C(=O)N1CC2(C1)OCC[C@H]2COCC(=O)N(C)C. The second-order valence-electron chi connectivity index (χ2n) is 6.55. The van der Waals surface area contributed by atoms with Crippen molar-refractivity contribution in [3.05, 3.63) is 0 Å². The van der Waals surface area contributed by atoms with Gasteiger partial charge in [-0.05, 0) is 6.42 Å². The molecule has 0 aromatic rings. The topological polar surface area (TPSA) is 59.1 Å². The molecule has 2 aliphatic heterocycles. The van der Waals surface area contributed by atoms with Crippen LogP contribution in [0.4, 0.5) is 0 Å². The van der Waals surface area contributed by atoms with Gasteiger partial charge in [-0.2, -0.15) is 0 Å². The van der Waals surface area contributed by atoms with Crippen molar-refractivity contribution >= 4 is 11.8 Å². The fourth-order valence-electron chi connectivity index (χ4n) is 2.91. The van der Waals surface area contributed by atoms with Gasteiger partial charge in [0.1, 0.15) is 12.2 Å². The standard InChI is InChI=1S/C15H26N2O4/c1-11(2)14(19)17-9-15(10-17)12(5-6-21-15)7-20-8-13(18)16(3)4/h11-12H,5-10H2,1-4H3/t12-/m0/s1. The number of likely N-dealkylation sites (tertiary alicyclic amines) is 1. The van der Waals surface area contributed by atoms with Gasteiger partial charge >= 0.3 is 0 Å². The molecule has 2 heterocycles. The van der Waals surface area contributed by atoms with Crippen LogP contribution in [0.25, 0.3) is 0 Å². The zero-order chi connectivity index (χ0) is 15.6. The third kappa shape index (κ3) is 3.37. The molecular formula is C15H26N2O4. The van der Waals surface area contributed by atoms with Gasteiger partial charge < -0.3 is 19.3 Å². The van der Waals surface area contributed by atoms with Crippen LogP contribution in [0.15, 0.2) is 0 Å². The maximum atomic E-state index is 11.9. The van der Waals surface area contributed by atoms with Gasteiger partial charge in [-0.1, -0.05) is 13.8 Å². The third-order valence-corrected chi connectivity index (χ3v) is 4.37. The molecule has 120 valence electrons. The molecule has 0 N–H and O–H groups in total. The van der Waals surface area contributed by atoms with Crippen LogP contribution in [0, 0.1) is 11.8 Å². The zero-order valence-electron chi connectivity index (χ0n) is 13.4. The average Bonchev–Trinajstić information content (AvgIpc) is 2.79. The van der Waals surface area contributed by atoms with E-state index in [9.17, 15) is 9.59 Å². The Morgan fingerprint density at radius 2 is 2.05 bits per heavy atom. The molecule has 2 saturated heterocycles. The number of hydrogen-bond acceptors (Lipinski definition) is 4. The number of ether oxygens (including phenoxy) is 2. The monoisotopic (exact) mass is 298 g/mol. The second kappa shape index (κ2) is 6.32. The summed E-state index contributed by atoms with van der Waals surface area (Å²) in [5, 5.41) is 0. The molecule has 1 atom stereocenters. The molecular weight excluding hydrogens is 272 g/mol. The summed E-state index contributed by atoms with van der Waals surface area (Å²) >= 11 is 0. The number of amides is 2. The van der Waals surface area contributed by atoms with E-state index in [1.807, 2.05) is 18.7 Å². The predicted molar refractivity (Wildman–Crippen MR) is 77.7 cm³/mol. The summed E-state index contributed by atoms with van der Waals surface area (Å²) in [6, 6.07) is 0. The first-order chi connectivity index (χ1) is 9.85. The second-order valence-corrected chi connectivity index (χ2v) is 6.55. The lowest BCUT2D eigenvalue weighted by Crippen LogP contribution is -2.67. The van der Waals surface area contributed by atoms with E-state index in [1.165, 1.54) is 4.90 Å². The highest BCUT2D eigenvalue weighted by Gasteiger charge is 2.54. The van der Waals surface area contributed by atoms with Crippen LogP contribution in [0.1, 0.15) is 20.3 Å². The molecule has 0 saturated carbocycles. The van der Waals surface area contributed by atoms with E-state index in [1.54, 1.807) is 14.1 Å². The van der Waals surface area contributed by atoms with Crippen molar-refractivity contribution in [1.29, 1.82) is 0 Å². The highest BCUT2D eigenvalue weighted by Crippen LogP contribution is 2.40. The smallest absolute Gasteiger partial charge is 0.248 e. The highest BCUT2D eigenvalue weighted by atomic mass is 16.5. The minimum atomic E-state index is -0.244. The minimum absolute atomic E-state index is 0.0242. The minimum Gasteiger partial charge on any atom is -0.371 e. The van der Waals surface area contributed by atoms with Gasteiger partial charge in [0.05, 0.1) is 19.7 Å². The number of hydrogen-bond donors (Lipinski definition) is 0. The number of likely N-dealkylation sites (N-methyl/N-ethyl adjacent to an activating group) is 1. The molecule has 2 aliphatic rings. The van der Waals surface area contributed by atoms with Crippen molar-refractivity contribution in [3.63, 3.8) is 0 Å². The molecule has 0 unspecified atom stereocenters. The maximum Gasteiger partial charge on any atom is 0.248 e. The Hall–Kier alpha value is -1.14. The normalized spacial score (nSPS) is 23.5. The van der Waals surface area contributed by atoms with E-state index in [0.717, 1.165) is 6.42 Å². The number of carbonyl (C=O) groups is 2. The van der Waals surface area contributed by atoms with Gasteiger partial charge in [-0.15, -0.1) is 0 Å². The van der Waals surface area contributed by atoms with Crippen LogP contribution in [-0.2, 0) is 19.1 Å². The lowest BCUT2D eigenvalue weighted by atomic mass is 9.80. The van der Waals surface area contributed by atoms with E-state index in [-0.39, 0.29) is 35.9 Å². The molecule has 6 heteroatoms. The first-order valence-corrected chi connectivity index (χ1v) is 7.56. The highest BCUT2D eigenvalue weighted by molar-refractivity contribution is 5.79. The average molecular weight is 298 g/mol. The fourth-order valence-corrected chi connectivity index (χ4v) is 2.91. The van der Waals surface area contributed by atoms with E-state index < -0.39 is 0 Å². The quantitative estimate of drug-likeness (QED) is 0.735. The molecule has 0 radical (unpaired) electrons. The zero-order valence-corrected chi connectivity index (χ0v) is 13.4. The van der Waals surface area contributed by atoms with Gasteiger partial charge in [0.2, 0.25) is 11.8 Å². The molecule has 0 aromatic heterocycles. The lowest BCUT2D eigenvalue weighted by molar-refractivity contribution is -0.171. The molecule has 6 nitrogen and oxygen atoms in total. The summed E-state index contributed by atoms with van der Waals surface area (Å²) in [7, 11) is 3.43. The van der Waals surface area contributed by atoms with Crippen molar-refractivity contribution in [2.24, 2.45) is 11.8 Å². The van der Waals surface area contributed by atoms with Crippen LogP contribution in [0.3, 0.4) is 0 Å². The largest absolute Gasteiger partial charge is 0.371 e. The van der Waals surface area contributed by atoms with Crippen molar-refractivity contribution in [2.45, 2.75) is 25.9 Å². The Morgan fingerprint density at radius 1 is 1.38 bits per heavy atom. The Bertz CT molecular complexity index is 402. The van der Waals surface area contributed by atoms with Crippen molar-refractivity contribution < 1.29 is 19.1 Å². The Kier molecular flexibility index (Phi) is 4.88. The molecule has 21 heavy (non-hydrogen) atoms. The number of carbonyl (C=O) groups excluding carboxylic acids is 2. The van der Waals surface area contributed by atoms with Crippen molar-refractivity contribution in [3.8, 4) is 0 Å². The van der Waals surface area contributed by atoms with Gasteiger partial charge in [-0.3, -0.25) is 9.59 Å². The fraction of sp³-hybridized carbons (Fsp3) is 0.867. The Balaban J connectivity index is 1.80. The van der Waals surface area contributed by atoms with Crippen LogP contribution in [0.5, 0.6) is 0 Å². The first-order valence-electron chi connectivity index (χ1n) is 7.56. The van der Waals surface area contributed by atoms with Gasteiger partial charge in [0, 0.05) is 32.5 Å². The van der Waals surface area contributed by atoms with Crippen LogP contribution >= 0.6 is 0 Å². The van der Waals surface area contributed by atoms with E-state index in [2.05, 4.69) is 0 Å². The Morgan fingerprint density at radius 3 is 2.62 bits per heavy atom. The first kappa shape index (κ1) is 16.2. The van der Waals surface area contributed by atoms with Crippen LogP contribution in [0.2, 0.25) is 0 Å². The van der Waals surface area contributed by atoms with Gasteiger partial charge in [-0.25, -0.2) is 0 Å². The Labute approximate surface area is 126 Å². The summed E-state index contributed by atoms with van der Waals surface area (Å²) in [5.41, 5.74) is -0.244. The molecule has 0 bridgehead atoms. The number of nitrogens with zero attached hydrogens (tertiary/aromatic N) is 2. The molecule has 0 aliphatic carbocycles. The molecule has 0 aromatic carbocycles. The van der Waals surface area contributed by atoms with Gasteiger partial charge in [0.15, 0.2) is 0 Å². The van der Waals surface area contributed by atoms with E-state index in [4.69, 9.17) is 9.47 Å². The van der Waals surface area contributed by atoms with E-state index in [0.29, 0.717) is 26.3 Å². The lowest BCUT2D eigenvalue weighted by Gasteiger charge is -2.50. The third-order valence-electron chi connectivity index (χ3n) is 4.37. The molecule has 2 amide bonds. The molecule has 2 rings (SSSR count). The van der Waals surface area contributed by atoms with Crippen LogP contribution < -0.4 is 0 Å². The predicted octanol–water partition coefficient (Wildman–Crippen LogP) is 0.365. The summed E-state index contributed by atoms with van der Waals surface area (Å²) in [6.45, 7) is 6.46. The summed E-state index contributed by atoms with van der Waals surface area (Å²) in [6.07, 6.45) is 0.930. The summed E-state index contributed by atoms with van der Waals surface area (Å²) in [5.74, 6) is 0.437.